The molecule has 1 aromatic carbocycles. The summed E-state index contributed by atoms with van der Waals surface area (Å²) in [4.78, 5) is 34.3. The van der Waals surface area contributed by atoms with Gasteiger partial charge >= 0.3 is 5.97 Å². The van der Waals surface area contributed by atoms with Gasteiger partial charge in [-0.3, -0.25) is 4.79 Å². The van der Waals surface area contributed by atoms with Crippen molar-refractivity contribution in [2.24, 2.45) is 4.99 Å². The Bertz CT molecular complexity index is 951. The number of halogens is 1. The van der Waals surface area contributed by atoms with Crippen LogP contribution in [0.5, 0.6) is 0 Å². The van der Waals surface area contributed by atoms with Crippen LogP contribution in [0.15, 0.2) is 51.6 Å². The number of allylic oxidation sites excluding steroid dienone is 1. The Balaban J connectivity index is 1.99. The lowest BCUT2D eigenvalue weighted by Gasteiger charge is -2.36. The van der Waals surface area contributed by atoms with E-state index in [4.69, 9.17) is 16.3 Å². The first-order chi connectivity index (χ1) is 14.9. The number of nitrogens with zero attached hydrogens (tertiary/aromatic N) is 3. The number of amidine groups is 1. The van der Waals surface area contributed by atoms with Crippen LogP contribution in [0.3, 0.4) is 0 Å². The summed E-state index contributed by atoms with van der Waals surface area (Å²) in [5, 5.41) is 3.28. The van der Waals surface area contributed by atoms with Crippen molar-refractivity contribution in [1.29, 1.82) is 0 Å². The summed E-state index contributed by atoms with van der Waals surface area (Å²) in [6, 6.07) is 6.96. The van der Waals surface area contributed by atoms with E-state index in [-0.39, 0.29) is 12.3 Å². The number of aliphatic imine (C=N–C) groups is 1. The zero-order chi connectivity index (χ0) is 22.5. The van der Waals surface area contributed by atoms with Gasteiger partial charge < -0.3 is 14.5 Å². The summed E-state index contributed by atoms with van der Waals surface area (Å²) in [6.07, 6.45) is 2.07. The van der Waals surface area contributed by atoms with E-state index >= 15 is 0 Å². The lowest BCUT2D eigenvalue weighted by atomic mass is 9.94. The third-order valence-corrected chi connectivity index (χ3v) is 6.37. The van der Waals surface area contributed by atoms with Crippen LogP contribution in [0.4, 0.5) is 0 Å². The number of hydrogen-bond donors (Lipinski definition) is 0. The quantitative estimate of drug-likeness (QED) is 0.502. The smallest absolute Gasteiger partial charge is 0.338 e. The Kier molecular flexibility index (Phi) is 7.84. The largest absolute Gasteiger partial charge is 0.466 e. The van der Waals surface area contributed by atoms with Gasteiger partial charge in [-0.1, -0.05) is 49.3 Å². The van der Waals surface area contributed by atoms with Crippen molar-refractivity contribution in [2.45, 2.75) is 46.1 Å². The van der Waals surface area contributed by atoms with Gasteiger partial charge in [-0.2, -0.15) is 0 Å². The summed E-state index contributed by atoms with van der Waals surface area (Å²) < 4.78 is 5.08. The number of amides is 1. The third kappa shape index (κ3) is 4.99. The van der Waals surface area contributed by atoms with E-state index in [1.54, 1.807) is 6.07 Å². The van der Waals surface area contributed by atoms with Crippen LogP contribution < -0.4 is 0 Å². The zero-order valence-electron chi connectivity index (χ0n) is 18.4. The molecule has 8 heteroatoms. The average Bonchev–Trinajstić information content (AvgIpc) is 3.13. The van der Waals surface area contributed by atoms with E-state index in [1.807, 2.05) is 40.3 Å². The fraction of sp³-hybridized carbons (Fsp3) is 0.435. The molecule has 2 aliphatic rings. The zero-order valence-corrected chi connectivity index (χ0v) is 19.9. The lowest BCUT2D eigenvalue weighted by molar-refractivity contribution is -0.136. The van der Waals surface area contributed by atoms with Gasteiger partial charge in [-0.05, 0) is 42.9 Å². The maximum Gasteiger partial charge on any atom is 0.338 e. The molecule has 1 unspecified atom stereocenters. The normalized spacial score (nSPS) is 17.8. The minimum atomic E-state index is -0.460. The van der Waals surface area contributed by atoms with E-state index in [9.17, 15) is 9.59 Å². The molecule has 0 aliphatic carbocycles. The predicted molar refractivity (Wildman–Crippen MR) is 126 cm³/mol. The van der Waals surface area contributed by atoms with Crippen LogP contribution in [0.1, 0.15) is 51.6 Å². The van der Waals surface area contributed by atoms with Crippen molar-refractivity contribution < 1.29 is 14.3 Å². The van der Waals surface area contributed by atoms with Crippen LogP contribution in [0, 0.1) is 0 Å². The van der Waals surface area contributed by atoms with Gasteiger partial charge in [0.1, 0.15) is 0 Å². The SMILES string of the molecule is CCCN(CCC)C(=O)CC1=CSC2=NC(C)=C(C(=O)OC)C(c3cccc(Cl)c3)N12. The van der Waals surface area contributed by atoms with Crippen molar-refractivity contribution in [3.05, 3.63) is 57.2 Å². The first-order valence-electron chi connectivity index (χ1n) is 10.5. The number of thioether (sulfide) groups is 1. The highest BCUT2D eigenvalue weighted by molar-refractivity contribution is 8.16. The standard InChI is InChI=1S/C23H28ClN3O3S/c1-5-10-26(11-6-2)19(28)13-18-14-31-23-25-15(3)20(22(29)30-4)21(27(18)23)16-8-7-9-17(24)12-16/h7-9,12,14,21H,5-6,10-11,13H2,1-4H3. The monoisotopic (exact) mass is 461 g/mol. The number of fused-ring (bicyclic) bond motifs is 1. The van der Waals surface area contributed by atoms with Crippen molar-refractivity contribution in [3.8, 4) is 0 Å². The van der Waals surface area contributed by atoms with Crippen LogP contribution in [-0.2, 0) is 14.3 Å². The Labute approximate surface area is 193 Å². The number of carbonyl (C=O) groups is 2. The Morgan fingerprint density at radius 1 is 1.26 bits per heavy atom. The summed E-state index contributed by atoms with van der Waals surface area (Å²) in [5.41, 5.74) is 2.73. The van der Waals surface area contributed by atoms with Crippen LogP contribution in [0.25, 0.3) is 0 Å². The lowest BCUT2D eigenvalue weighted by Crippen LogP contribution is -2.39. The second kappa shape index (κ2) is 10.4. The van der Waals surface area contributed by atoms with Gasteiger partial charge in [0.25, 0.3) is 0 Å². The van der Waals surface area contributed by atoms with Gasteiger partial charge in [-0.15, -0.1) is 0 Å². The summed E-state index contributed by atoms with van der Waals surface area (Å²) >= 11 is 7.74. The van der Waals surface area contributed by atoms with Crippen LogP contribution in [0.2, 0.25) is 5.02 Å². The summed E-state index contributed by atoms with van der Waals surface area (Å²) in [6.45, 7) is 7.42. The van der Waals surface area contributed by atoms with Crippen molar-refractivity contribution in [2.75, 3.05) is 20.2 Å². The highest BCUT2D eigenvalue weighted by Gasteiger charge is 2.41. The van der Waals surface area contributed by atoms with E-state index in [0.717, 1.165) is 42.4 Å². The fourth-order valence-corrected chi connectivity index (χ4v) is 5.06. The van der Waals surface area contributed by atoms with Gasteiger partial charge in [-0.25, -0.2) is 9.79 Å². The number of esters is 1. The molecule has 0 bridgehead atoms. The molecule has 0 aromatic heterocycles. The maximum absolute atomic E-state index is 13.1. The Morgan fingerprint density at radius 2 is 1.97 bits per heavy atom. The molecule has 0 N–H and O–H groups in total. The van der Waals surface area contributed by atoms with E-state index in [1.165, 1.54) is 18.9 Å². The Morgan fingerprint density at radius 3 is 2.58 bits per heavy atom. The van der Waals surface area contributed by atoms with Crippen molar-refractivity contribution in [1.82, 2.24) is 9.80 Å². The molecule has 0 radical (unpaired) electrons. The van der Waals surface area contributed by atoms with Gasteiger partial charge in [0.05, 0.1) is 30.8 Å². The molecule has 0 saturated heterocycles. The molecule has 31 heavy (non-hydrogen) atoms. The average molecular weight is 462 g/mol. The number of benzene rings is 1. The number of rotatable bonds is 8. The molecule has 6 nitrogen and oxygen atoms in total. The summed E-state index contributed by atoms with van der Waals surface area (Å²) in [5.74, 6) is -0.362. The molecular formula is C23H28ClN3O3S. The molecule has 0 fully saturated rings. The molecule has 2 heterocycles. The predicted octanol–water partition coefficient (Wildman–Crippen LogP) is 5.13. The number of hydrogen-bond acceptors (Lipinski definition) is 6. The molecule has 0 spiro atoms. The van der Waals surface area contributed by atoms with Gasteiger partial charge in [0.2, 0.25) is 5.91 Å². The second-order valence-corrected chi connectivity index (χ2v) is 8.77. The molecule has 0 saturated carbocycles. The van der Waals surface area contributed by atoms with Gasteiger partial charge in [0, 0.05) is 23.8 Å². The first kappa shape index (κ1) is 23.4. The third-order valence-electron chi connectivity index (χ3n) is 5.24. The number of carbonyl (C=O) groups excluding carboxylic acids is 2. The maximum atomic E-state index is 13.1. The van der Waals surface area contributed by atoms with E-state index < -0.39 is 12.0 Å². The highest BCUT2D eigenvalue weighted by atomic mass is 35.5. The molecule has 1 amide bonds. The molecule has 1 atom stereocenters. The van der Waals surface area contributed by atoms with E-state index in [0.29, 0.717) is 16.3 Å². The Hall–Kier alpha value is -2.25. The minimum Gasteiger partial charge on any atom is -0.466 e. The number of ether oxygens (including phenoxy) is 1. The minimum absolute atomic E-state index is 0.0764. The summed E-state index contributed by atoms with van der Waals surface area (Å²) in [7, 11) is 1.36. The van der Waals surface area contributed by atoms with Crippen LogP contribution in [-0.4, -0.2) is 47.0 Å². The molecule has 2 aliphatic heterocycles. The topological polar surface area (TPSA) is 62.2 Å². The molecule has 166 valence electrons. The molecule has 3 rings (SSSR count). The van der Waals surface area contributed by atoms with Gasteiger partial charge in [0.15, 0.2) is 5.17 Å². The van der Waals surface area contributed by atoms with Crippen LogP contribution >= 0.6 is 23.4 Å². The van der Waals surface area contributed by atoms with Crippen molar-refractivity contribution >= 4 is 40.4 Å². The fourth-order valence-electron chi connectivity index (χ4n) is 3.90. The molecular weight excluding hydrogens is 434 g/mol. The van der Waals surface area contributed by atoms with Crippen molar-refractivity contribution in [3.63, 3.8) is 0 Å². The second-order valence-electron chi connectivity index (χ2n) is 7.50. The molecule has 1 aromatic rings. The van der Waals surface area contributed by atoms with E-state index in [2.05, 4.69) is 18.8 Å². The number of methoxy groups -OCH3 is 1. The highest BCUT2D eigenvalue weighted by Crippen LogP contribution is 2.45. The first-order valence-corrected chi connectivity index (χ1v) is 11.7.